The van der Waals surface area contributed by atoms with Crippen molar-refractivity contribution in [1.82, 2.24) is 0 Å². The fraction of sp³-hybridized carbons (Fsp3) is 0.867. The second-order valence-corrected chi connectivity index (χ2v) is 25.0. The summed E-state index contributed by atoms with van der Waals surface area (Å²) >= 11 is -1.85. The van der Waals surface area contributed by atoms with E-state index in [1.807, 2.05) is 0 Å². The molecule has 0 heterocycles. The standard InChI is InChI=1S/3C4H9.C3H6S.Sn/c3*1-3-4-2;1-2-3-4;/h3*1,3-4H2,2H3;2,4H,1,3H2;/q;;;;+1/p-1. The summed E-state index contributed by atoms with van der Waals surface area (Å²) in [6.07, 6.45) is 10.7. The minimum atomic E-state index is -1.85. The van der Waals surface area contributed by atoms with Crippen molar-refractivity contribution in [3.05, 3.63) is 12.7 Å². The van der Waals surface area contributed by atoms with Crippen LogP contribution in [0.5, 0.6) is 0 Å². The van der Waals surface area contributed by atoms with E-state index in [0.717, 1.165) is 0 Å². The molecule has 0 rings (SSSR count). The Morgan fingerprint density at radius 1 is 0.882 bits per heavy atom. The number of unbranched alkanes of at least 4 members (excludes halogenated alkanes) is 3. The molecular weight excluding hydrogens is 331 g/mol. The maximum atomic E-state index is 3.92. The Bertz CT molecular complexity index is 158. The number of hydrogen-bond donors (Lipinski definition) is 0. The van der Waals surface area contributed by atoms with Crippen molar-refractivity contribution in [3.63, 3.8) is 0 Å². The van der Waals surface area contributed by atoms with Gasteiger partial charge in [-0.05, 0) is 0 Å². The van der Waals surface area contributed by atoms with Crippen molar-refractivity contribution in [1.29, 1.82) is 0 Å². The van der Waals surface area contributed by atoms with E-state index in [4.69, 9.17) is 0 Å². The summed E-state index contributed by atoms with van der Waals surface area (Å²) in [5.74, 6) is 1.22. The van der Waals surface area contributed by atoms with E-state index in [1.165, 1.54) is 44.3 Å². The normalized spacial score (nSPS) is 11.7. The molecule has 0 amide bonds. The van der Waals surface area contributed by atoms with Crippen LogP contribution in [-0.4, -0.2) is 22.7 Å². The molecule has 2 heteroatoms. The first kappa shape index (κ1) is 17.9. The predicted molar refractivity (Wildman–Crippen MR) is 87.6 cm³/mol. The van der Waals surface area contributed by atoms with Gasteiger partial charge in [0.25, 0.3) is 0 Å². The minimum absolute atomic E-state index is 1.22. The predicted octanol–water partition coefficient (Wildman–Crippen LogP) is 6.25. The van der Waals surface area contributed by atoms with Gasteiger partial charge in [-0.15, -0.1) is 0 Å². The third-order valence-electron chi connectivity index (χ3n) is 3.47. The molecule has 0 aromatic heterocycles. The van der Waals surface area contributed by atoms with E-state index in [-0.39, 0.29) is 0 Å². The molecule has 0 fully saturated rings. The van der Waals surface area contributed by atoms with Crippen molar-refractivity contribution >= 4 is 25.9 Å². The van der Waals surface area contributed by atoms with E-state index in [0.29, 0.717) is 0 Å². The molecular formula is C15H32SSn. The Labute approximate surface area is 116 Å². The van der Waals surface area contributed by atoms with Gasteiger partial charge in [-0.3, -0.25) is 0 Å². The van der Waals surface area contributed by atoms with Crippen LogP contribution in [0.15, 0.2) is 12.7 Å². The van der Waals surface area contributed by atoms with Crippen molar-refractivity contribution in [2.45, 2.75) is 72.6 Å². The van der Waals surface area contributed by atoms with E-state index in [2.05, 4.69) is 42.4 Å². The van der Waals surface area contributed by atoms with Gasteiger partial charge in [-0.25, -0.2) is 0 Å². The molecule has 0 atom stereocenters. The van der Waals surface area contributed by atoms with Crippen LogP contribution >= 0.6 is 8.95 Å². The summed E-state index contributed by atoms with van der Waals surface area (Å²) in [4.78, 5) is 0. The molecule has 0 radical (unpaired) electrons. The fourth-order valence-electron chi connectivity index (χ4n) is 2.32. The van der Waals surface area contributed by atoms with Gasteiger partial charge in [-0.1, -0.05) is 0 Å². The molecule has 0 aliphatic carbocycles. The summed E-state index contributed by atoms with van der Waals surface area (Å²) in [7, 11) is 2.38. The Hall–Kier alpha value is 0.889. The van der Waals surface area contributed by atoms with E-state index >= 15 is 0 Å². The second-order valence-electron chi connectivity index (χ2n) is 5.09. The molecule has 0 aliphatic rings. The van der Waals surface area contributed by atoms with Crippen LogP contribution in [0.2, 0.25) is 13.3 Å². The van der Waals surface area contributed by atoms with Gasteiger partial charge < -0.3 is 0 Å². The zero-order valence-electron chi connectivity index (χ0n) is 12.3. The molecule has 0 saturated heterocycles. The molecule has 0 N–H and O–H groups in total. The number of rotatable bonds is 12. The molecule has 0 spiro atoms. The Morgan fingerprint density at radius 3 is 1.59 bits per heavy atom. The Balaban J connectivity index is 4.44. The van der Waals surface area contributed by atoms with Crippen LogP contribution in [0.4, 0.5) is 0 Å². The molecule has 0 aliphatic heterocycles. The Morgan fingerprint density at radius 2 is 1.29 bits per heavy atom. The second kappa shape index (κ2) is 12.0. The third-order valence-corrected chi connectivity index (χ3v) is 26.1. The summed E-state index contributed by atoms with van der Waals surface area (Å²) in [6.45, 7) is 10.9. The summed E-state index contributed by atoms with van der Waals surface area (Å²) < 4.78 is 4.84. The van der Waals surface area contributed by atoms with Gasteiger partial charge in [0, 0.05) is 0 Å². The first-order chi connectivity index (χ1) is 8.24. The molecule has 0 nitrogen and oxygen atoms in total. The first-order valence-electron chi connectivity index (χ1n) is 7.49. The van der Waals surface area contributed by atoms with Crippen molar-refractivity contribution in [2.24, 2.45) is 0 Å². The molecule has 102 valence electrons. The van der Waals surface area contributed by atoms with Crippen LogP contribution in [0.3, 0.4) is 0 Å². The van der Waals surface area contributed by atoms with E-state index in [1.54, 1.807) is 13.3 Å². The zero-order chi connectivity index (χ0) is 13.0. The summed E-state index contributed by atoms with van der Waals surface area (Å²) in [6, 6.07) is 0. The van der Waals surface area contributed by atoms with Crippen molar-refractivity contribution in [2.75, 3.05) is 5.75 Å². The monoisotopic (exact) mass is 364 g/mol. The third kappa shape index (κ3) is 8.58. The van der Waals surface area contributed by atoms with Crippen LogP contribution in [0, 0.1) is 0 Å². The quantitative estimate of drug-likeness (QED) is 0.292. The van der Waals surface area contributed by atoms with Crippen LogP contribution < -0.4 is 0 Å². The van der Waals surface area contributed by atoms with E-state index in [9.17, 15) is 0 Å². The van der Waals surface area contributed by atoms with Gasteiger partial charge in [-0.2, -0.15) is 0 Å². The molecule has 0 aromatic carbocycles. The average Bonchev–Trinajstić information content (AvgIpc) is 2.37. The zero-order valence-corrected chi connectivity index (χ0v) is 15.9. The number of hydrogen-bond acceptors (Lipinski definition) is 1. The molecule has 0 bridgehead atoms. The molecule has 17 heavy (non-hydrogen) atoms. The van der Waals surface area contributed by atoms with Crippen LogP contribution in [0.25, 0.3) is 0 Å². The topological polar surface area (TPSA) is 0 Å². The fourth-order valence-corrected chi connectivity index (χ4v) is 24.6. The van der Waals surface area contributed by atoms with Gasteiger partial charge >= 0.3 is 117 Å². The first-order valence-corrected chi connectivity index (χ1v) is 18.0. The molecule has 0 unspecified atom stereocenters. The van der Waals surface area contributed by atoms with Gasteiger partial charge in [0.1, 0.15) is 0 Å². The van der Waals surface area contributed by atoms with Crippen LogP contribution in [-0.2, 0) is 0 Å². The average molecular weight is 363 g/mol. The van der Waals surface area contributed by atoms with Crippen LogP contribution in [0.1, 0.15) is 59.3 Å². The Kier molecular flexibility index (Phi) is 12.6. The summed E-state index contributed by atoms with van der Waals surface area (Å²) in [5, 5.41) is 0. The maximum absolute atomic E-state index is 3.92. The SMILES string of the molecule is C=CC[S][Sn]([CH2]CCC)([CH2]CCC)[CH2]CCC. The molecule has 0 aromatic rings. The molecule has 0 saturated carbocycles. The van der Waals surface area contributed by atoms with Crippen molar-refractivity contribution < 1.29 is 0 Å². The summed E-state index contributed by atoms with van der Waals surface area (Å²) in [5.41, 5.74) is 0. The van der Waals surface area contributed by atoms with Gasteiger partial charge in [0.2, 0.25) is 0 Å². The van der Waals surface area contributed by atoms with E-state index < -0.39 is 17.0 Å². The van der Waals surface area contributed by atoms with Gasteiger partial charge in [0.15, 0.2) is 0 Å². The van der Waals surface area contributed by atoms with Crippen molar-refractivity contribution in [3.8, 4) is 0 Å². The van der Waals surface area contributed by atoms with Gasteiger partial charge in [0.05, 0.1) is 0 Å².